The zero-order chi connectivity index (χ0) is 36.4. The van der Waals surface area contributed by atoms with E-state index in [1.807, 2.05) is 12.1 Å². The Kier molecular flexibility index (Phi) is 11.5. The molecule has 1 unspecified atom stereocenters. The fourth-order valence-corrected chi connectivity index (χ4v) is 9.51. The summed E-state index contributed by atoms with van der Waals surface area (Å²) >= 11 is 0. The van der Waals surface area contributed by atoms with Gasteiger partial charge in [0.25, 0.3) is 0 Å². The molecule has 0 radical (unpaired) electrons. The van der Waals surface area contributed by atoms with Gasteiger partial charge < -0.3 is 30.6 Å². The van der Waals surface area contributed by atoms with Crippen LogP contribution in [0.4, 0.5) is 4.39 Å². The summed E-state index contributed by atoms with van der Waals surface area (Å²) in [5.74, 6) is -2.87. The monoisotopic (exact) mass is 712 g/mol. The molecule has 0 heterocycles. The summed E-state index contributed by atoms with van der Waals surface area (Å²) < 4.78 is 32.5. The molecular formula is C38H50FN2O8P. The van der Waals surface area contributed by atoms with Crippen molar-refractivity contribution in [3.05, 3.63) is 95.6 Å². The number of nitrogens with one attached hydrogen (secondary N) is 2. The van der Waals surface area contributed by atoms with Gasteiger partial charge >= 0.3 is 7.82 Å². The van der Waals surface area contributed by atoms with E-state index in [-0.39, 0.29) is 12.2 Å². The largest absolute Gasteiger partial charge is 0.470 e. The number of halogens is 1. The van der Waals surface area contributed by atoms with E-state index in [0.29, 0.717) is 24.8 Å². The number of aliphatic hydroxyl groups excluding tert-OH is 1. The van der Waals surface area contributed by atoms with Crippen molar-refractivity contribution in [1.82, 2.24) is 10.6 Å². The highest BCUT2D eigenvalue weighted by Gasteiger charge is 2.75. The third kappa shape index (κ3) is 7.25. The lowest BCUT2D eigenvalue weighted by atomic mass is 9.44. The van der Waals surface area contributed by atoms with Crippen molar-refractivity contribution in [2.45, 2.75) is 76.9 Å². The molecule has 0 bridgehead atoms. The number of carbonyl (C=O) groups is 2. The maximum absolute atomic E-state index is 17.0. The number of benzene rings is 2. The van der Waals surface area contributed by atoms with Crippen molar-refractivity contribution in [1.29, 1.82) is 0 Å². The number of phosphoric acid groups is 1. The maximum atomic E-state index is 17.0. The number of aliphatic hydroxyl groups is 2. The van der Waals surface area contributed by atoms with Gasteiger partial charge in [-0.25, -0.2) is 8.96 Å². The Labute approximate surface area is 293 Å². The molecule has 50 heavy (non-hydrogen) atoms. The van der Waals surface area contributed by atoms with Gasteiger partial charge in [0.15, 0.2) is 17.2 Å². The van der Waals surface area contributed by atoms with Crippen LogP contribution in [-0.4, -0.2) is 68.6 Å². The smallest absolute Gasteiger partial charge is 0.390 e. The highest BCUT2D eigenvalue weighted by atomic mass is 31.2. The molecule has 10 nitrogen and oxygen atoms in total. The Hall–Kier alpha value is -2.86. The number of hydrogen-bond acceptors (Lipinski definition) is 8. The van der Waals surface area contributed by atoms with Gasteiger partial charge in [0.2, 0.25) is 0 Å². The first-order valence-corrected chi connectivity index (χ1v) is 18.9. The number of phosphoric ester groups is 1. The Balaban J connectivity index is 0.000000228. The van der Waals surface area contributed by atoms with Crippen molar-refractivity contribution < 1.29 is 43.1 Å². The molecule has 8 atom stereocenters. The van der Waals surface area contributed by atoms with Crippen LogP contribution in [0.5, 0.6) is 0 Å². The van der Waals surface area contributed by atoms with Crippen LogP contribution in [0.2, 0.25) is 0 Å². The van der Waals surface area contributed by atoms with E-state index in [0.717, 1.165) is 26.2 Å². The second-order valence-electron chi connectivity index (χ2n) is 14.7. The molecule has 0 saturated heterocycles. The molecular weight excluding hydrogens is 662 g/mol. The molecule has 0 amide bonds. The summed E-state index contributed by atoms with van der Waals surface area (Å²) in [7, 11) is -4.93. The van der Waals surface area contributed by atoms with E-state index in [1.165, 1.54) is 29.4 Å². The summed E-state index contributed by atoms with van der Waals surface area (Å²) in [4.78, 5) is 42.8. The van der Waals surface area contributed by atoms with Crippen LogP contribution in [0.15, 0.2) is 84.5 Å². The molecule has 3 saturated carbocycles. The average Bonchev–Trinajstić information content (AvgIpc) is 3.28. The molecule has 12 heteroatoms. The highest BCUT2D eigenvalue weighted by molar-refractivity contribution is 7.46. The predicted octanol–water partition coefficient (Wildman–Crippen LogP) is 4.58. The SMILES string of the molecule is C[C@H]1C[C@H]2[C@@H]3CCC4=CC(=O)C=C[C@]4(C)C3(F)[C@@H](O)C[C@]2(C)[C@@]1(O)C(=O)COP(=O)(O)O.c1ccc(CNCCNCc2ccccc2)cc1. The molecule has 0 aromatic heterocycles. The van der Waals surface area contributed by atoms with Gasteiger partial charge in [-0.3, -0.25) is 14.1 Å². The van der Waals surface area contributed by atoms with Crippen molar-refractivity contribution in [2.24, 2.45) is 28.6 Å². The number of fused-ring (bicyclic) bond motifs is 5. The van der Waals surface area contributed by atoms with Crippen LogP contribution in [0.25, 0.3) is 0 Å². The van der Waals surface area contributed by atoms with Gasteiger partial charge in [-0.2, -0.15) is 0 Å². The van der Waals surface area contributed by atoms with Crippen LogP contribution < -0.4 is 10.6 Å². The Morgan fingerprint density at radius 1 is 0.980 bits per heavy atom. The van der Waals surface area contributed by atoms with Crippen molar-refractivity contribution in [2.75, 3.05) is 19.7 Å². The molecule has 0 spiro atoms. The standard InChI is InChI=1S/C22H30FO8P.C16H20N2/c1-12-8-16-15-5-4-13-9-14(24)6-7-19(13,2)21(15,23)17(25)10-20(16,3)22(12,27)18(26)11-31-32(28,29)30;1-3-7-15(8-4-1)13-17-11-12-18-14-16-9-5-2-6-10-16/h6-7,9,12,15-17,25,27H,4-5,8,10-11H2,1-3H3,(H2,28,29,30);1-10,17-18H,11-14H2/t12-,15-,16-,17-,19-,20-,21?,22-;/m0./s1. The first-order valence-electron chi connectivity index (χ1n) is 17.3. The average molecular weight is 713 g/mol. The fourth-order valence-electron chi connectivity index (χ4n) is 9.23. The Morgan fingerprint density at radius 2 is 1.54 bits per heavy atom. The first kappa shape index (κ1) is 38.4. The first-order chi connectivity index (χ1) is 23.6. The predicted molar refractivity (Wildman–Crippen MR) is 187 cm³/mol. The number of Topliss-reactive ketones (excluding diaryl/α,β-unsaturated/α-hetero) is 1. The van der Waals surface area contributed by atoms with Gasteiger partial charge in [0, 0.05) is 42.9 Å². The van der Waals surface area contributed by atoms with Gasteiger partial charge in [-0.15, -0.1) is 0 Å². The normalized spacial score (nSPS) is 34.5. The maximum Gasteiger partial charge on any atom is 0.470 e. The Bertz CT molecular complexity index is 1590. The molecule has 2 aromatic rings. The number of hydrogen-bond donors (Lipinski definition) is 6. The van der Waals surface area contributed by atoms with Gasteiger partial charge in [0.1, 0.15) is 12.2 Å². The van der Waals surface area contributed by atoms with E-state index in [9.17, 15) is 24.4 Å². The van der Waals surface area contributed by atoms with Crippen molar-refractivity contribution in [3.63, 3.8) is 0 Å². The molecule has 3 fully saturated rings. The van der Waals surface area contributed by atoms with E-state index in [2.05, 4.69) is 63.7 Å². The van der Waals surface area contributed by atoms with E-state index >= 15 is 4.39 Å². The summed E-state index contributed by atoms with van der Waals surface area (Å²) in [5, 5.41) is 29.7. The Morgan fingerprint density at radius 3 is 2.08 bits per heavy atom. The third-order valence-corrected chi connectivity index (χ3v) is 12.3. The number of ketones is 2. The molecule has 4 aliphatic rings. The summed E-state index contributed by atoms with van der Waals surface area (Å²) in [5.41, 5.74) is -3.21. The zero-order valence-corrected chi connectivity index (χ0v) is 29.8. The van der Waals surface area contributed by atoms with Crippen LogP contribution in [-0.2, 0) is 31.8 Å². The van der Waals surface area contributed by atoms with Gasteiger partial charge in [-0.05, 0) is 67.7 Å². The molecule has 4 aliphatic carbocycles. The van der Waals surface area contributed by atoms with Gasteiger partial charge in [0.05, 0.1) is 6.10 Å². The molecule has 6 N–H and O–H groups in total. The van der Waals surface area contributed by atoms with Gasteiger partial charge in [-0.1, -0.05) is 86.2 Å². The van der Waals surface area contributed by atoms with Crippen LogP contribution in [0, 0.1) is 28.6 Å². The van der Waals surface area contributed by atoms with Crippen LogP contribution in [0.1, 0.15) is 57.6 Å². The third-order valence-electron chi connectivity index (χ3n) is 11.8. The van der Waals surface area contributed by atoms with Crippen LogP contribution >= 0.6 is 7.82 Å². The topological polar surface area (TPSA) is 165 Å². The van der Waals surface area contributed by atoms with Crippen molar-refractivity contribution >= 4 is 19.4 Å². The quantitative estimate of drug-likeness (QED) is 0.144. The minimum absolute atomic E-state index is 0.211. The molecule has 272 valence electrons. The molecule has 2 aromatic carbocycles. The molecule has 6 rings (SSSR count). The number of carbonyl (C=O) groups excluding carboxylic acids is 2. The summed E-state index contributed by atoms with van der Waals surface area (Å²) in [6.07, 6.45) is 3.70. The fraction of sp³-hybridized carbons (Fsp3) is 0.526. The summed E-state index contributed by atoms with van der Waals surface area (Å²) in [6.45, 7) is 7.85. The van der Waals surface area contributed by atoms with E-state index in [4.69, 9.17) is 9.79 Å². The zero-order valence-electron chi connectivity index (χ0n) is 28.9. The van der Waals surface area contributed by atoms with Crippen molar-refractivity contribution in [3.8, 4) is 0 Å². The minimum atomic E-state index is -4.93. The second kappa shape index (κ2) is 15.0. The lowest BCUT2D eigenvalue weighted by molar-refractivity contribution is -0.219. The molecule has 0 aliphatic heterocycles. The van der Waals surface area contributed by atoms with Crippen LogP contribution in [0.3, 0.4) is 0 Å². The minimum Gasteiger partial charge on any atom is -0.390 e. The second-order valence-corrected chi connectivity index (χ2v) is 15.9. The number of alkyl halides is 1. The van der Waals surface area contributed by atoms with E-state index in [1.54, 1.807) is 20.8 Å². The lowest BCUT2D eigenvalue weighted by Gasteiger charge is -2.62. The number of allylic oxidation sites excluding steroid dienone is 4. The number of rotatable bonds is 11. The highest BCUT2D eigenvalue weighted by Crippen LogP contribution is 2.70. The lowest BCUT2D eigenvalue weighted by Crippen LogP contribution is -2.69. The van der Waals surface area contributed by atoms with E-state index < -0.39 is 66.2 Å². The summed E-state index contributed by atoms with van der Waals surface area (Å²) in [6, 6.07) is 21.0.